The summed E-state index contributed by atoms with van der Waals surface area (Å²) >= 11 is 4.67. The van der Waals surface area contributed by atoms with Crippen LogP contribution in [0, 0.1) is 16.2 Å². The third kappa shape index (κ3) is 21.8. The van der Waals surface area contributed by atoms with E-state index in [0.717, 1.165) is 93.7 Å². The van der Waals surface area contributed by atoms with Gasteiger partial charge in [0.15, 0.2) is 0 Å². The van der Waals surface area contributed by atoms with Crippen LogP contribution >= 0.6 is 46.0 Å². The number of aromatic nitrogens is 4. The summed E-state index contributed by atoms with van der Waals surface area (Å²) in [5.74, 6) is 0.0435. The fraction of sp³-hybridized carbons (Fsp3) is 0.788. The molecule has 0 spiro atoms. The number of quaternary nitrogens is 2. The monoisotopic (exact) mass is 1240 g/mol. The maximum atomic E-state index is 12.5. The van der Waals surface area contributed by atoms with Crippen molar-refractivity contribution in [2.75, 3.05) is 53.5 Å². The Morgan fingerprint density at radius 2 is 1.03 bits per heavy atom. The molecule has 4 heterocycles. The second-order valence-corrected chi connectivity index (χ2v) is 24.6. The number of aliphatic carboxylic acids is 1. The highest BCUT2D eigenvalue weighted by Gasteiger charge is 2.42. The van der Waals surface area contributed by atoms with Crippen LogP contribution in [0.5, 0.6) is 11.8 Å². The summed E-state index contributed by atoms with van der Waals surface area (Å²) in [5.41, 5.74) is 2.31. The number of alkyl halides is 1. The first kappa shape index (κ1) is 66.0. The highest BCUT2D eigenvalue weighted by molar-refractivity contribution is 14.1. The van der Waals surface area contributed by atoms with Crippen LogP contribution in [-0.2, 0) is 23.9 Å². The van der Waals surface area contributed by atoms with Gasteiger partial charge in [0.2, 0.25) is 12.5 Å². The van der Waals surface area contributed by atoms with Crippen molar-refractivity contribution >= 4 is 75.1 Å². The number of halogens is 2. The molecule has 0 bridgehead atoms. The van der Waals surface area contributed by atoms with Crippen LogP contribution in [0.3, 0.4) is 0 Å². The van der Waals surface area contributed by atoms with Gasteiger partial charge in [-0.2, -0.15) is 8.75 Å². The van der Waals surface area contributed by atoms with E-state index in [9.17, 15) is 19.5 Å². The van der Waals surface area contributed by atoms with Crippen molar-refractivity contribution in [3.05, 3.63) is 23.5 Å². The molecule has 402 valence electrons. The summed E-state index contributed by atoms with van der Waals surface area (Å²) < 4.78 is 43.3. The molecule has 0 aliphatic carbocycles. The van der Waals surface area contributed by atoms with E-state index in [1.807, 2.05) is 41.5 Å². The molecule has 5 unspecified atom stereocenters. The van der Waals surface area contributed by atoms with E-state index in [1.165, 1.54) is 62.0 Å². The zero-order valence-corrected chi connectivity index (χ0v) is 51.5. The van der Waals surface area contributed by atoms with Gasteiger partial charge in [-0.3, -0.25) is 18.6 Å². The minimum Gasteiger partial charge on any atom is -1.00 e. The van der Waals surface area contributed by atoms with E-state index >= 15 is 0 Å². The molecular weight excluding hydrogens is 1150 g/mol. The molecule has 70 heavy (non-hydrogen) atoms. The number of hydrogen-bond acceptors (Lipinski definition) is 14. The largest absolute Gasteiger partial charge is 1.00 e. The molecule has 5 atom stereocenters. The topological polar surface area (TPSA) is 163 Å². The molecule has 2 aliphatic rings. The van der Waals surface area contributed by atoms with Crippen molar-refractivity contribution < 1.29 is 71.4 Å². The molecule has 14 nitrogen and oxygen atoms in total. The molecule has 0 saturated carbocycles. The van der Waals surface area contributed by atoms with Crippen molar-refractivity contribution in [3.63, 3.8) is 0 Å². The quantitative estimate of drug-likeness (QED) is 0.0325. The zero-order valence-electron chi connectivity index (χ0n) is 45.6. The Hall–Kier alpha value is -2.01. The molecule has 4 rings (SSSR count). The number of likely N-dealkylation sites (N-methyl/N-ethyl adjacent to an activating group) is 2. The van der Waals surface area contributed by atoms with Crippen molar-refractivity contribution in [2.45, 2.75) is 196 Å². The fourth-order valence-corrected chi connectivity index (χ4v) is 10.2. The zero-order chi connectivity index (χ0) is 52.1. The second-order valence-electron chi connectivity index (χ2n) is 21.8. The molecule has 0 N–H and O–H groups in total. The Morgan fingerprint density at radius 3 is 1.34 bits per heavy atom. The normalized spacial score (nSPS) is 19.5. The minimum atomic E-state index is -0.951. The van der Waals surface area contributed by atoms with Gasteiger partial charge in [-0.1, -0.05) is 122 Å². The van der Waals surface area contributed by atoms with Crippen LogP contribution in [-0.4, -0.2) is 114 Å². The minimum absolute atomic E-state index is 0. The number of rotatable bonds is 24. The van der Waals surface area contributed by atoms with Crippen LogP contribution in [0.2, 0.25) is 0 Å². The predicted molar refractivity (Wildman–Crippen MR) is 287 cm³/mol. The van der Waals surface area contributed by atoms with Gasteiger partial charge in [0.25, 0.3) is 11.8 Å². The number of ether oxygens (including phenoxy) is 4. The van der Waals surface area contributed by atoms with Crippen molar-refractivity contribution in [3.8, 4) is 11.8 Å². The number of esters is 2. The third-order valence-electron chi connectivity index (χ3n) is 12.7. The van der Waals surface area contributed by atoms with Crippen LogP contribution in [0.15, 0.2) is 12.2 Å². The molecule has 2 aromatic heterocycles. The lowest BCUT2D eigenvalue weighted by Crippen LogP contribution is -3.00. The van der Waals surface area contributed by atoms with Gasteiger partial charge in [-0.05, 0) is 67.2 Å². The number of carbonyl (C=O) groups is 3. The van der Waals surface area contributed by atoms with Gasteiger partial charge in [0.05, 0.1) is 74.7 Å². The summed E-state index contributed by atoms with van der Waals surface area (Å²) in [6.45, 7) is 30.2. The Morgan fingerprint density at radius 1 is 0.643 bits per heavy atom. The average molecular weight is 1250 g/mol. The van der Waals surface area contributed by atoms with Crippen molar-refractivity contribution in [1.29, 1.82) is 0 Å². The third-order valence-corrected chi connectivity index (χ3v) is 15.0. The van der Waals surface area contributed by atoms with Gasteiger partial charge in [-0.15, -0.1) is 8.75 Å². The summed E-state index contributed by atoms with van der Waals surface area (Å²) in [6, 6.07) is 0. The summed E-state index contributed by atoms with van der Waals surface area (Å²) in [5, 5.41) is 10.6. The lowest BCUT2D eigenvalue weighted by molar-refractivity contribution is -0.947. The number of unbranched alkanes of at least 4 members (excludes halogenated alkanes) is 6. The molecule has 0 radical (unpaired) electrons. The molecule has 18 heteroatoms. The average Bonchev–Trinajstić information content (AvgIpc) is 3.97. The van der Waals surface area contributed by atoms with E-state index in [1.54, 1.807) is 13.8 Å². The van der Waals surface area contributed by atoms with Gasteiger partial charge in [0.1, 0.15) is 24.5 Å². The first-order valence-electron chi connectivity index (χ1n) is 25.6. The summed E-state index contributed by atoms with van der Waals surface area (Å²) in [7, 11) is 4.34. The fourth-order valence-electron chi connectivity index (χ4n) is 7.99. The SMILES string of the molecule is CCC(I)CC(C)(C)C(=O)[O-].CCCCCCOc1nsnc1C1=CCC[N+](C)(C(CC)OC(=O)C(C)(C)C)C1.CCCCCCOc1nsnc1C1=CCC[N+](C)(C(CC)OC(=O)C(C)(C)C)C1.[I-]. The number of carbonyl (C=O) groups excluding carboxylic acids is 3. The van der Waals surface area contributed by atoms with Gasteiger partial charge in [-0.25, -0.2) is 0 Å². The lowest BCUT2D eigenvalue weighted by Gasteiger charge is -2.43. The maximum absolute atomic E-state index is 12.5. The maximum Gasteiger partial charge on any atom is 0.315 e. The predicted octanol–water partition coefficient (Wildman–Crippen LogP) is 8.48. The number of carboxylic acid groups (broad SMARTS) is 1. The van der Waals surface area contributed by atoms with Crippen LogP contribution < -0.4 is 38.6 Å². The number of hydrogen-bond donors (Lipinski definition) is 0. The Labute approximate surface area is 461 Å². The van der Waals surface area contributed by atoms with Gasteiger partial charge in [0, 0.05) is 52.1 Å². The highest BCUT2D eigenvalue weighted by atomic mass is 127. The van der Waals surface area contributed by atoms with Crippen LogP contribution in [0.25, 0.3) is 11.1 Å². The van der Waals surface area contributed by atoms with Gasteiger partial charge >= 0.3 is 11.9 Å². The van der Waals surface area contributed by atoms with E-state index < -0.39 is 22.2 Å². The van der Waals surface area contributed by atoms with E-state index in [2.05, 4.69) is 101 Å². The van der Waals surface area contributed by atoms with Crippen LogP contribution in [0.4, 0.5) is 0 Å². The Bertz CT molecular complexity index is 1810. The number of carboxylic acids is 1. The first-order valence-corrected chi connectivity index (χ1v) is 28.3. The second kappa shape index (κ2) is 31.7. The molecule has 0 saturated heterocycles. The van der Waals surface area contributed by atoms with E-state index in [-0.39, 0.29) is 48.4 Å². The van der Waals surface area contributed by atoms with Crippen LogP contribution in [0.1, 0.15) is 191 Å². The molecule has 0 aromatic carbocycles. The molecule has 2 aliphatic heterocycles. The Balaban J connectivity index is 0.000000572. The molecule has 2 aromatic rings. The van der Waals surface area contributed by atoms with Crippen molar-refractivity contribution in [1.82, 2.24) is 17.5 Å². The van der Waals surface area contributed by atoms with Gasteiger partial charge < -0.3 is 52.8 Å². The first-order chi connectivity index (χ1) is 32.3. The van der Waals surface area contributed by atoms with E-state index in [0.29, 0.717) is 44.3 Å². The standard InChI is InChI=1S/2C22H38N3O3S.C8H15IO2.HI/c2*1-7-9-10-11-15-27-20-19(23-29-24-20)17-13-12-14-25(6,16-17)18(8-2)28-21(26)22(3,4)5;1-4-6(9)5-8(2,3)7(10)11;/h2*13,18H,7-12,14-16H2,1-6H3;6H,4-5H2,1-3H3,(H,10,11);1H/q2*+1;;/p-2. The summed E-state index contributed by atoms with van der Waals surface area (Å²) in [4.78, 5) is 35.5. The number of nitrogens with zero attached hydrogens (tertiary/aromatic N) is 6. The van der Waals surface area contributed by atoms with Crippen molar-refractivity contribution in [2.24, 2.45) is 16.2 Å². The molecule has 0 fully saturated rings. The molecule has 0 amide bonds. The highest BCUT2D eigenvalue weighted by Crippen LogP contribution is 2.35. The summed E-state index contributed by atoms with van der Waals surface area (Å²) in [6.07, 6.45) is 18.6. The molecular formula is C52H90I2N6O8S2. The van der Waals surface area contributed by atoms with E-state index in [4.69, 9.17) is 18.9 Å². The smallest absolute Gasteiger partial charge is 0.315 e. The Kier molecular flexibility index (Phi) is 29.9. The lowest BCUT2D eigenvalue weighted by atomic mass is 9.87.